The van der Waals surface area contributed by atoms with Crippen molar-refractivity contribution in [3.05, 3.63) is 29.6 Å². The Kier molecular flexibility index (Phi) is 2.60. The van der Waals surface area contributed by atoms with Crippen LogP contribution in [0.4, 0.5) is 14.9 Å². The third kappa shape index (κ3) is 1.64. The van der Waals surface area contributed by atoms with E-state index in [1.807, 2.05) is 0 Å². The van der Waals surface area contributed by atoms with Crippen LogP contribution in [0.2, 0.25) is 0 Å². The van der Waals surface area contributed by atoms with Crippen LogP contribution >= 0.6 is 0 Å². The van der Waals surface area contributed by atoms with Crippen LogP contribution in [0, 0.1) is 5.82 Å². The molecule has 0 saturated carbocycles. The van der Waals surface area contributed by atoms with Gasteiger partial charge < -0.3 is 4.74 Å². The van der Waals surface area contributed by atoms with Crippen molar-refractivity contribution in [2.24, 2.45) is 0 Å². The molecule has 5 heteroatoms. The molecule has 16 heavy (non-hydrogen) atoms. The second-order valence-corrected chi connectivity index (χ2v) is 3.46. The molecule has 0 spiro atoms. The van der Waals surface area contributed by atoms with Gasteiger partial charge in [-0.15, -0.1) is 0 Å². The molecular formula is C11H10FNO3. The zero-order valence-electron chi connectivity index (χ0n) is 8.70. The summed E-state index contributed by atoms with van der Waals surface area (Å²) < 4.78 is 17.6. The third-order valence-electron chi connectivity index (χ3n) is 2.51. The number of amides is 1. The van der Waals surface area contributed by atoms with E-state index in [0.717, 1.165) is 6.07 Å². The van der Waals surface area contributed by atoms with Crippen molar-refractivity contribution in [1.29, 1.82) is 0 Å². The summed E-state index contributed by atoms with van der Waals surface area (Å²) in [7, 11) is 1.27. The van der Waals surface area contributed by atoms with E-state index in [1.54, 1.807) is 0 Å². The monoisotopic (exact) mass is 223 g/mol. The Morgan fingerprint density at radius 3 is 2.94 bits per heavy atom. The number of rotatable bonds is 0. The maximum absolute atomic E-state index is 13.0. The second-order valence-electron chi connectivity index (χ2n) is 3.46. The molecule has 4 nitrogen and oxygen atoms in total. The Morgan fingerprint density at radius 1 is 1.50 bits per heavy atom. The molecule has 0 unspecified atom stereocenters. The minimum absolute atomic E-state index is 0.158. The number of methoxy groups -OCH3 is 1. The highest BCUT2D eigenvalue weighted by molar-refractivity contribution is 6.07. The second kappa shape index (κ2) is 3.92. The normalized spacial score (nSPS) is 14.6. The molecule has 0 atom stereocenters. The summed E-state index contributed by atoms with van der Waals surface area (Å²) in [6.07, 6.45) is -0.355. The summed E-state index contributed by atoms with van der Waals surface area (Å²) in [5, 5.41) is 0. The van der Waals surface area contributed by atoms with Crippen LogP contribution in [0.3, 0.4) is 0 Å². The quantitative estimate of drug-likeness (QED) is 0.675. The first kappa shape index (κ1) is 10.6. The van der Waals surface area contributed by atoms with E-state index in [1.165, 1.54) is 24.1 Å². The van der Waals surface area contributed by atoms with Gasteiger partial charge in [0.2, 0.25) is 0 Å². The minimum atomic E-state index is -0.541. The number of hydrogen-bond acceptors (Lipinski definition) is 3. The van der Waals surface area contributed by atoms with E-state index in [2.05, 4.69) is 4.74 Å². The molecule has 0 radical (unpaired) electrons. The van der Waals surface area contributed by atoms with E-state index in [9.17, 15) is 14.0 Å². The number of benzene rings is 1. The number of fused-ring (bicyclic) bond motifs is 1. The average molecular weight is 223 g/mol. The molecule has 0 N–H and O–H groups in total. The van der Waals surface area contributed by atoms with Crippen LogP contribution in [0.5, 0.6) is 0 Å². The summed E-state index contributed by atoms with van der Waals surface area (Å²) in [4.78, 5) is 24.3. The molecule has 1 aliphatic heterocycles. The summed E-state index contributed by atoms with van der Waals surface area (Å²) in [5.74, 6) is -0.645. The molecular weight excluding hydrogens is 213 g/mol. The van der Waals surface area contributed by atoms with Gasteiger partial charge in [-0.2, -0.15) is 0 Å². The standard InChI is InChI=1S/C11H10FNO3/c1-16-11(15)13-5-4-10(14)8-6-7(12)2-3-9(8)13/h2-3,6H,4-5H2,1H3. The van der Waals surface area contributed by atoms with Gasteiger partial charge in [0.15, 0.2) is 5.78 Å². The lowest BCUT2D eigenvalue weighted by Crippen LogP contribution is -2.37. The average Bonchev–Trinajstić information content (AvgIpc) is 2.29. The fraction of sp³-hybridized carbons (Fsp3) is 0.273. The molecule has 0 saturated heterocycles. The van der Waals surface area contributed by atoms with Gasteiger partial charge >= 0.3 is 6.09 Å². The Balaban J connectivity index is 2.48. The van der Waals surface area contributed by atoms with Crippen molar-refractivity contribution in [2.45, 2.75) is 6.42 Å². The Hall–Kier alpha value is -1.91. The molecule has 1 aromatic carbocycles. The topological polar surface area (TPSA) is 46.6 Å². The van der Waals surface area contributed by atoms with Crippen LogP contribution in [-0.2, 0) is 4.74 Å². The van der Waals surface area contributed by atoms with Crippen molar-refractivity contribution < 1.29 is 18.7 Å². The van der Waals surface area contributed by atoms with Crippen LogP contribution in [0.1, 0.15) is 16.8 Å². The lowest BCUT2D eigenvalue weighted by Gasteiger charge is -2.27. The summed E-state index contributed by atoms with van der Waals surface area (Å²) in [5.41, 5.74) is 0.640. The van der Waals surface area contributed by atoms with Gasteiger partial charge in [0, 0.05) is 18.5 Å². The van der Waals surface area contributed by atoms with Crippen LogP contribution < -0.4 is 4.90 Å². The molecule has 84 valence electrons. The Labute approximate surface area is 91.6 Å². The molecule has 0 aromatic heterocycles. The van der Waals surface area contributed by atoms with E-state index >= 15 is 0 Å². The predicted octanol–water partition coefficient (Wildman–Crippen LogP) is 1.98. The number of carbonyl (C=O) groups is 2. The van der Waals surface area contributed by atoms with Crippen LogP contribution in [0.15, 0.2) is 18.2 Å². The van der Waals surface area contributed by atoms with Gasteiger partial charge in [0.25, 0.3) is 0 Å². The van der Waals surface area contributed by atoms with Crippen molar-refractivity contribution in [2.75, 3.05) is 18.6 Å². The van der Waals surface area contributed by atoms with Gasteiger partial charge in [0.05, 0.1) is 12.8 Å². The summed E-state index contributed by atoms with van der Waals surface area (Å²) in [6, 6.07) is 3.78. The maximum atomic E-state index is 13.0. The summed E-state index contributed by atoms with van der Waals surface area (Å²) in [6.45, 7) is 0.268. The third-order valence-corrected chi connectivity index (χ3v) is 2.51. The van der Waals surface area contributed by atoms with Gasteiger partial charge in [-0.05, 0) is 18.2 Å². The lowest BCUT2D eigenvalue weighted by atomic mass is 10.0. The van der Waals surface area contributed by atoms with E-state index in [0.29, 0.717) is 5.69 Å². The van der Waals surface area contributed by atoms with Gasteiger partial charge in [-0.3, -0.25) is 9.69 Å². The molecule has 2 rings (SSSR count). The predicted molar refractivity (Wildman–Crippen MR) is 55.1 cm³/mol. The number of carbonyl (C=O) groups excluding carboxylic acids is 2. The molecule has 0 bridgehead atoms. The number of Topliss-reactive ketones (excluding diaryl/α,β-unsaturated/α-hetero) is 1. The van der Waals surface area contributed by atoms with Gasteiger partial charge in [-0.1, -0.05) is 0 Å². The molecule has 1 aliphatic rings. The highest BCUT2D eigenvalue weighted by Gasteiger charge is 2.27. The fourth-order valence-corrected chi connectivity index (χ4v) is 1.74. The van der Waals surface area contributed by atoms with Crippen molar-refractivity contribution in [1.82, 2.24) is 0 Å². The number of nitrogens with zero attached hydrogens (tertiary/aromatic N) is 1. The van der Waals surface area contributed by atoms with Crippen LogP contribution in [-0.4, -0.2) is 25.5 Å². The highest BCUT2D eigenvalue weighted by atomic mass is 19.1. The number of ketones is 1. The number of hydrogen-bond donors (Lipinski definition) is 0. The number of ether oxygens (including phenoxy) is 1. The van der Waals surface area contributed by atoms with Gasteiger partial charge in [0.1, 0.15) is 5.82 Å². The smallest absolute Gasteiger partial charge is 0.414 e. The van der Waals surface area contributed by atoms with Crippen LogP contribution in [0.25, 0.3) is 0 Å². The largest absolute Gasteiger partial charge is 0.452 e. The maximum Gasteiger partial charge on any atom is 0.414 e. The molecule has 0 aliphatic carbocycles. The minimum Gasteiger partial charge on any atom is -0.452 e. The molecule has 0 fully saturated rings. The van der Waals surface area contributed by atoms with Crippen molar-refractivity contribution >= 4 is 17.6 Å². The summed E-state index contributed by atoms with van der Waals surface area (Å²) >= 11 is 0. The zero-order chi connectivity index (χ0) is 11.7. The van der Waals surface area contributed by atoms with Crippen molar-refractivity contribution in [3.63, 3.8) is 0 Å². The van der Waals surface area contributed by atoms with E-state index in [4.69, 9.17) is 0 Å². The van der Waals surface area contributed by atoms with Crippen molar-refractivity contribution in [3.8, 4) is 0 Å². The van der Waals surface area contributed by atoms with E-state index in [-0.39, 0.29) is 24.3 Å². The highest BCUT2D eigenvalue weighted by Crippen LogP contribution is 2.28. The lowest BCUT2D eigenvalue weighted by molar-refractivity contribution is 0.0979. The Morgan fingerprint density at radius 2 is 2.25 bits per heavy atom. The zero-order valence-corrected chi connectivity index (χ0v) is 8.70. The van der Waals surface area contributed by atoms with E-state index < -0.39 is 11.9 Å². The number of halogens is 1. The molecule has 1 aromatic rings. The first-order chi connectivity index (χ1) is 7.63. The number of anilines is 1. The van der Waals surface area contributed by atoms with Gasteiger partial charge in [-0.25, -0.2) is 9.18 Å². The SMILES string of the molecule is COC(=O)N1CCC(=O)c2cc(F)ccc21. The Bertz CT molecular complexity index is 459. The fourth-order valence-electron chi connectivity index (χ4n) is 1.74. The first-order valence-electron chi connectivity index (χ1n) is 4.81. The molecule has 1 amide bonds. The first-order valence-corrected chi connectivity index (χ1v) is 4.81. The molecule has 1 heterocycles.